The molecule has 0 amide bonds. The van der Waals surface area contributed by atoms with E-state index in [2.05, 4.69) is 46.5 Å². The van der Waals surface area contributed by atoms with Crippen LogP contribution >= 0.6 is 0 Å². The van der Waals surface area contributed by atoms with E-state index in [-0.39, 0.29) is 0 Å². The number of hydrogen-bond donors (Lipinski definition) is 1. The van der Waals surface area contributed by atoms with Gasteiger partial charge in [0.25, 0.3) is 0 Å². The first-order valence-electron chi connectivity index (χ1n) is 7.06. The van der Waals surface area contributed by atoms with Crippen LogP contribution in [0.1, 0.15) is 47.5 Å². The van der Waals surface area contributed by atoms with Crippen LogP contribution in [0.3, 0.4) is 0 Å². The largest absolute Gasteiger partial charge is 0.375 e. The van der Waals surface area contributed by atoms with Crippen LogP contribution in [-0.2, 0) is 4.74 Å². The molecule has 5 unspecified atom stereocenters. The molecular formula is C15H29NO. The van der Waals surface area contributed by atoms with Gasteiger partial charge in [-0.15, -0.1) is 0 Å². The molecule has 17 heavy (non-hydrogen) atoms. The molecule has 1 saturated heterocycles. The molecule has 0 aromatic heterocycles. The molecule has 1 rings (SSSR count). The molecule has 1 fully saturated rings. The van der Waals surface area contributed by atoms with Crippen LogP contribution in [0.15, 0.2) is 12.2 Å². The average Bonchev–Trinajstić information content (AvgIpc) is 2.52. The van der Waals surface area contributed by atoms with Crippen LogP contribution in [0.2, 0.25) is 0 Å². The monoisotopic (exact) mass is 239 g/mol. The number of rotatable bonds is 6. The Bertz CT molecular complexity index is 251. The molecule has 2 nitrogen and oxygen atoms in total. The van der Waals surface area contributed by atoms with Crippen LogP contribution in [0.4, 0.5) is 0 Å². The zero-order chi connectivity index (χ0) is 13.0. The average molecular weight is 239 g/mol. The molecule has 5 atom stereocenters. The molecule has 0 spiro atoms. The minimum absolute atomic E-state index is 0.355. The highest BCUT2D eigenvalue weighted by Gasteiger charge is 2.41. The highest BCUT2D eigenvalue weighted by Crippen LogP contribution is 2.36. The molecule has 100 valence electrons. The van der Waals surface area contributed by atoms with Gasteiger partial charge in [-0.05, 0) is 39.2 Å². The first-order valence-corrected chi connectivity index (χ1v) is 7.06. The minimum atomic E-state index is 0.355. The Hall–Kier alpha value is -0.340. The van der Waals surface area contributed by atoms with E-state index in [0.29, 0.717) is 30.1 Å². The number of nitrogens with one attached hydrogen (secondary N) is 1. The fraction of sp³-hybridized carbons (Fsp3) is 0.867. The lowest BCUT2D eigenvalue weighted by Gasteiger charge is -2.30. The fourth-order valence-electron chi connectivity index (χ4n) is 3.05. The SMILES string of the molecule is C=C(CC)CC(NCC)C1C(C)OC(C)C1C. The van der Waals surface area contributed by atoms with Crippen LogP contribution in [0.5, 0.6) is 0 Å². The first kappa shape index (κ1) is 14.7. The second-order valence-corrected chi connectivity index (χ2v) is 5.45. The smallest absolute Gasteiger partial charge is 0.0597 e. The number of ether oxygens (including phenoxy) is 1. The Kier molecular flexibility index (Phi) is 5.68. The standard InChI is InChI=1S/C15H29NO/c1-7-10(3)9-14(16-8-2)15-11(4)12(5)17-13(15)6/h11-16H,3,7-9H2,1-2,4-6H3. The van der Waals surface area contributed by atoms with E-state index >= 15 is 0 Å². The van der Waals surface area contributed by atoms with Crippen molar-refractivity contribution in [1.82, 2.24) is 5.32 Å². The van der Waals surface area contributed by atoms with Gasteiger partial charge in [-0.3, -0.25) is 0 Å². The van der Waals surface area contributed by atoms with Crippen molar-refractivity contribution in [3.8, 4) is 0 Å². The molecule has 0 aliphatic carbocycles. The zero-order valence-electron chi connectivity index (χ0n) is 12.1. The molecule has 1 N–H and O–H groups in total. The third-order valence-electron chi connectivity index (χ3n) is 4.26. The van der Waals surface area contributed by atoms with E-state index in [1.165, 1.54) is 5.57 Å². The maximum absolute atomic E-state index is 5.96. The lowest BCUT2D eigenvalue weighted by Crippen LogP contribution is -2.42. The summed E-state index contributed by atoms with van der Waals surface area (Å²) in [6.07, 6.45) is 2.90. The van der Waals surface area contributed by atoms with Crippen molar-refractivity contribution in [2.45, 2.75) is 65.7 Å². The van der Waals surface area contributed by atoms with E-state index in [9.17, 15) is 0 Å². The fourth-order valence-corrected chi connectivity index (χ4v) is 3.05. The van der Waals surface area contributed by atoms with Crippen LogP contribution in [0.25, 0.3) is 0 Å². The summed E-state index contributed by atoms with van der Waals surface area (Å²) in [6, 6.07) is 0.516. The summed E-state index contributed by atoms with van der Waals surface area (Å²) in [5.41, 5.74) is 1.34. The molecule has 0 aromatic rings. The van der Waals surface area contributed by atoms with Crippen molar-refractivity contribution < 1.29 is 4.74 Å². The molecule has 1 aliphatic rings. The second kappa shape index (κ2) is 6.55. The topological polar surface area (TPSA) is 21.3 Å². The van der Waals surface area contributed by atoms with Crippen molar-refractivity contribution in [1.29, 1.82) is 0 Å². The van der Waals surface area contributed by atoms with Crippen LogP contribution < -0.4 is 5.32 Å². The summed E-state index contributed by atoms with van der Waals surface area (Å²) in [7, 11) is 0. The second-order valence-electron chi connectivity index (χ2n) is 5.45. The van der Waals surface area contributed by atoms with E-state index in [1.807, 2.05) is 0 Å². The zero-order valence-corrected chi connectivity index (χ0v) is 12.1. The van der Waals surface area contributed by atoms with Gasteiger partial charge in [0.1, 0.15) is 0 Å². The molecule has 0 saturated carbocycles. The lowest BCUT2D eigenvalue weighted by molar-refractivity contribution is 0.0476. The van der Waals surface area contributed by atoms with Crippen molar-refractivity contribution in [3.63, 3.8) is 0 Å². The molecule has 2 heteroatoms. The van der Waals surface area contributed by atoms with Crippen molar-refractivity contribution in [3.05, 3.63) is 12.2 Å². The predicted molar refractivity (Wildman–Crippen MR) is 74.2 cm³/mol. The molecule has 1 aliphatic heterocycles. The van der Waals surface area contributed by atoms with Crippen molar-refractivity contribution in [2.24, 2.45) is 11.8 Å². The Balaban J connectivity index is 2.72. The quantitative estimate of drug-likeness (QED) is 0.717. The van der Waals surface area contributed by atoms with Gasteiger partial charge in [0, 0.05) is 12.0 Å². The normalized spacial score (nSPS) is 34.9. The first-order chi connectivity index (χ1) is 8.01. The molecule has 0 bridgehead atoms. The van der Waals surface area contributed by atoms with Gasteiger partial charge in [-0.1, -0.05) is 32.9 Å². The Labute approximate surface area is 107 Å². The van der Waals surface area contributed by atoms with E-state index < -0.39 is 0 Å². The third kappa shape index (κ3) is 3.56. The molecular weight excluding hydrogens is 210 g/mol. The van der Waals surface area contributed by atoms with E-state index in [4.69, 9.17) is 4.74 Å². The van der Waals surface area contributed by atoms with Gasteiger partial charge >= 0.3 is 0 Å². The van der Waals surface area contributed by atoms with Crippen LogP contribution in [0, 0.1) is 11.8 Å². The molecule has 1 heterocycles. The van der Waals surface area contributed by atoms with Gasteiger partial charge in [-0.2, -0.15) is 0 Å². The Morgan fingerprint density at radius 3 is 2.29 bits per heavy atom. The summed E-state index contributed by atoms with van der Waals surface area (Å²) in [4.78, 5) is 0. The maximum atomic E-state index is 5.96. The van der Waals surface area contributed by atoms with Gasteiger partial charge in [0.15, 0.2) is 0 Å². The van der Waals surface area contributed by atoms with Crippen molar-refractivity contribution >= 4 is 0 Å². The third-order valence-corrected chi connectivity index (χ3v) is 4.26. The van der Waals surface area contributed by atoms with E-state index in [1.54, 1.807) is 0 Å². The maximum Gasteiger partial charge on any atom is 0.0597 e. The summed E-state index contributed by atoms with van der Waals surface area (Å²) in [5.74, 6) is 1.23. The predicted octanol–water partition coefficient (Wildman–Crippen LogP) is 3.38. The van der Waals surface area contributed by atoms with Crippen molar-refractivity contribution in [2.75, 3.05) is 6.54 Å². The Morgan fingerprint density at radius 1 is 1.24 bits per heavy atom. The molecule has 0 aromatic carbocycles. The summed E-state index contributed by atoms with van der Waals surface area (Å²) in [6.45, 7) is 16.3. The highest BCUT2D eigenvalue weighted by atomic mass is 16.5. The van der Waals surface area contributed by atoms with Crippen LogP contribution in [-0.4, -0.2) is 24.8 Å². The van der Waals surface area contributed by atoms with Gasteiger partial charge < -0.3 is 10.1 Å². The highest BCUT2D eigenvalue weighted by molar-refractivity contribution is 5.01. The van der Waals surface area contributed by atoms with Gasteiger partial charge in [0.05, 0.1) is 12.2 Å². The summed E-state index contributed by atoms with van der Waals surface area (Å²) >= 11 is 0. The summed E-state index contributed by atoms with van der Waals surface area (Å²) < 4.78 is 5.96. The summed E-state index contributed by atoms with van der Waals surface area (Å²) in [5, 5.41) is 3.63. The lowest BCUT2D eigenvalue weighted by atomic mass is 9.81. The van der Waals surface area contributed by atoms with E-state index in [0.717, 1.165) is 19.4 Å². The van der Waals surface area contributed by atoms with Gasteiger partial charge in [0.2, 0.25) is 0 Å². The van der Waals surface area contributed by atoms with Gasteiger partial charge in [-0.25, -0.2) is 0 Å². The minimum Gasteiger partial charge on any atom is -0.375 e. The number of hydrogen-bond acceptors (Lipinski definition) is 2. The Morgan fingerprint density at radius 2 is 1.88 bits per heavy atom. The molecule has 0 radical (unpaired) electrons.